The molecule has 0 aliphatic heterocycles. The first kappa shape index (κ1) is 8.03. The van der Waals surface area contributed by atoms with Crippen LogP contribution in [0, 0.1) is 0 Å². The zero-order chi connectivity index (χ0) is 8.27. The van der Waals surface area contributed by atoms with Crippen molar-refractivity contribution in [2.75, 3.05) is 20.0 Å². The molecule has 1 aromatic rings. The SMILES string of the molecule is COC(OC)c1cnoc1N. The second kappa shape index (κ2) is 3.36. The number of nitrogens with zero attached hydrogens (tertiary/aromatic N) is 1. The van der Waals surface area contributed by atoms with Gasteiger partial charge in [0.05, 0.1) is 11.8 Å². The lowest BCUT2D eigenvalue weighted by molar-refractivity contribution is -0.105. The molecule has 0 saturated carbocycles. The highest BCUT2D eigenvalue weighted by atomic mass is 16.7. The lowest BCUT2D eigenvalue weighted by Crippen LogP contribution is -2.04. The summed E-state index contributed by atoms with van der Waals surface area (Å²) in [4.78, 5) is 0. The normalized spacial score (nSPS) is 10.8. The third kappa shape index (κ3) is 1.50. The van der Waals surface area contributed by atoms with Crippen LogP contribution in [-0.4, -0.2) is 19.4 Å². The fourth-order valence-corrected chi connectivity index (χ4v) is 0.783. The number of aromatic nitrogens is 1. The molecule has 1 heterocycles. The van der Waals surface area contributed by atoms with Crippen LogP contribution in [0.15, 0.2) is 10.7 Å². The van der Waals surface area contributed by atoms with Crippen LogP contribution in [0.4, 0.5) is 5.88 Å². The minimum atomic E-state index is -0.499. The van der Waals surface area contributed by atoms with Crippen molar-refractivity contribution >= 4 is 5.88 Å². The summed E-state index contributed by atoms with van der Waals surface area (Å²) in [5, 5.41) is 3.48. The van der Waals surface area contributed by atoms with Gasteiger partial charge in [0.1, 0.15) is 0 Å². The highest BCUT2D eigenvalue weighted by Crippen LogP contribution is 2.22. The van der Waals surface area contributed by atoms with Gasteiger partial charge in [0.2, 0.25) is 5.88 Å². The predicted octanol–water partition coefficient (Wildman–Crippen LogP) is 0.548. The van der Waals surface area contributed by atoms with E-state index >= 15 is 0 Å². The van der Waals surface area contributed by atoms with Crippen molar-refractivity contribution in [2.45, 2.75) is 6.29 Å². The zero-order valence-corrected chi connectivity index (χ0v) is 6.40. The fraction of sp³-hybridized carbons (Fsp3) is 0.500. The van der Waals surface area contributed by atoms with Crippen molar-refractivity contribution in [3.63, 3.8) is 0 Å². The van der Waals surface area contributed by atoms with Crippen LogP contribution in [0.1, 0.15) is 11.9 Å². The first-order valence-electron chi connectivity index (χ1n) is 3.05. The number of ether oxygens (including phenoxy) is 2. The molecule has 5 heteroatoms. The summed E-state index contributed by atoms with van der Waals surface area (Å²) in [7, 11) is 3.03. The molecule has 0 saturated heterocycles. The number of nitrogen functional groups attached to an aromatic ring is 1. The van der Waals surface area contributed by atoms with Crippen molar-refractivity contribution in [2.24, 2.45) is 0 Å². The van der Waals surface area contributed by atoms with Gasteiger partial charge in [-0.3, -0.25) is 0 Å². The smallest absolute Gasteiger partial charge is 0.230 e. The van der Waals surface area contributed by atoms with Crippen LogP contribution in [0.25, 0.3) is 0 Å². The summed E-state index contributed by atoms with van der Waals surface area (Å²) < 4.78 is 14.5. The fourth-order valence-electron chi connectivity index (χ4n) is 0.783. The van der Waals surface area contributed by atoms with Crippen molar-refractivity contribution in [3.8, 4) is 0 Å². The second-order valence-electron chi connectivity index (χ2n) is 1.95. The average Bonchev–Trinajstić information content (AvgIpc) is 2.40. The van der Waals surface area contributed by atoms with Gasteiger partial charge in [-0.1, -0.05) is 5.16 Å². The van der Waals surface area contributed by atoms with E-state index in [9.17, 15) is 0 Å². The lowest BCUT2D eigenvalue weighted by Gasteiger charge is -2.10. The molecule has 1 aromatic heterocycles. The Balaban J connectivity index is 2.81. The van der Waals surface area contributed by atoms with E-state index in [4.69, 9.17) is 15.2 Å². The number of anilines is 1. The minimum absolute atomic E-state index is 0.221. The van der Waals surface area contributed by atoms with Gasteiger partial charge in [-0.2, -0.15) is 0 Å². The summed E-state index contributed by atoms with van der Waals surface area (Å²) in [6, 6.07) is 0. The van der Waals surface area contributed by atoms with Crippen LogP contribution >= 0.6 is 0 Å². The van der Waals surface area contributed by atoms with Crippen LogP contribution in [0.5, 0.6) is 0 Å². The maximum Gasteiger partial charge on any atom is 0.230 e. The molecule has 0 fully saturated rings. The molecule has 2 N–H and O–H groups in total. The molecule has 0 radical (unpaired) electrons. The molecule has 0 aromatic carbocycles. The molecule has 0 bridgehead atoms. The molecule has 0 aliphatic carbocycles. The summed E-state index contributed by atoms with van der Waals surface area (Å²) >= 11 is 0. The summed E-state index contributed by atoms with van der Waals surface area (Å²) in [5.74, 6) is 0.221. The van der Waals surface area contributed by atoms with E-state index in [1.54, 1.807) is 0 Å². The van der Waals surface area contributed by atoms with Gasteiger partial charge in [-0.25, -0.2) is 0 Å². The molecule has 62 valence electrons. The Morgan fingerprint density at radius 2 is 2.18 bits per heavy atom. The van der Waals surface area contributed by atoms with Crippen molar-refractivity contribution in [3.05, 3.63) is 11.8 Å². The largest absolute Gasteiger partial charge is 0.367 e. The van der Waals surface area contributed by atoms with Crippen LogP contribution in [0.3, 0.4) is 0 Å². The molecule has 0 unspecified atom stereocenters. The average molecular weight is 158 g/mol. The summed E-state index contributed by atoms with van der Waals surface area (Å²) in [6.45, 7) is 0. The highest BCUT2D eigenvalue weighted by molar-refractivity contribution is 5.34. The molecular weight excluding hydrogens is 148 g/mol. The van der Waals surface area contributed by atoms with E-state index in [0.29, 0.717) is 5.56 Å². The van der Waals surface area contributed by atoms with Crippen molar-refractivity contribution < 1.29 is 14.0 Å². The third-order valence-electron chi connectivity index (χ3n) is 1.31. The quantitative estimate of drug-likeness (QED) is 0.650. The van der Waals surface area contributed by atoms with Gasteiger partial charge >= 0.3 is 0 Å². The monoisotopic (exact) mass is 158 g/mol. The Morgan fingerprint density at radius 1 is 1.55 bits per heavy atom. The molecule has 0 atom stereocenters. The topological polar surface area (TPSA) is 70.5 Å². The van der Waals surface area contributed by atoms with Crippen molar-refractivity contribution in [1.29, 1.82) is 0 Å². The molecule has 0 amide bonds. The standard InChI is InChI=1S/C6H10N2O3/c1-9-6(10-2)4-3-8-11-5(4)7/h3,6H,7H2,1-2H3. The van der Waals surface area contributed by atoms with Crippen LogP contribution in [0.2, 0.25) is 0 Å². The summed E-state index contributed by atoms with van der Waals surface area (Å²) in [5.41, 5.74) is 6.01. The first-order chi connectivity index (χ1) is 5.29. The van der Waals surface area contributed by atoms with E-state index in [0.717, 1.165) is 0 Å². The van der Waals surface area contributed by atoms with E-state index in [1.165, 1.54) is 20.4 Å². The Kier molecular flexibility index (Phi) is 2.45. The van der Waals surface area contributed by atoms with Crippen molar-refractivity contribution in [1.82, 2.24) is 5.16 Å². The lowest BCUT2D eigenvalue weighted by atomic mass is 10.3. The Bertz CT molecular complexity index is 219. The first-order valence-corrected chi connectivity index (χ1v) is 3.05. The van der Waals surface area contributed by atoms with Crippen LogP contribution < -0.4 is 5.73 Å². The molecule has 5 nitrogen and oxygen atoms in total. The molecule has 1 rings (SSSR count). The van der Waals surface area contributed by atoms with E-state index in [-0.39, 0.29) is 5.88 Å². The van der Waals surface area contributed by atoms with Crippen LogP contribution in [-0.2, 0) is 9.47 Å². The highest BCUT2D eigenvalue weighted by Gasteiger charge is 2.15. The Labute approximate surface area is 64.1 Å². The number of hydrogen-bond acceptors (Lipinski definition) is 5. The molecular formula is C6H10N2O3. The maximum absolute atomic E-state index is 5.40. The predicted molar refractivity (Wildman–Crippen MR) is 37.7 cm³/mol. The minimum Gasteiger partial charge on any atom is -0.367 e. The molecule has 11 heavy (non-hydrogen) atoms. The van der Waals surface area contributed by atoms with E-state index in [2.05, 4.69) is 9.68 Å². The number of methoxy groups -OCH3 is 2. The Hall–Kier alpha value is -1.07. The Morgan fingerprint density at radius 3 is 2.55 bits per heavy atom. The maximum atomic E-state index is 5.40. The summed E-state index contributed by atoms with van der Waals surface area (Å²) in [6.07, 6.45) is 0.966. The third-order valence-corrected chi connectivity index (χ3v) is 1.31. The number of nitrogens with two attached hydrogens (primary N) is 1. The molecule has 0 aliphatic rings. The number of hydrogen-bond donors (Lipinski definition) is 1. The van der Waals surface area contributed by atoms with Gasteiger partial charge in [-0.15, -0.1) is 0 Å². The van der Waals surface area contributed by atoms with Gasteiger partial charge < -0.3 is 19.7 Å². The molecule has 0 spiro atoms. The van der Waals surface area contributed by atoms with Gasteiger partial charge in [-0.05, 0) is 0 Å². The van der Waals surface area contributed by atoms with Gasteiger partial charge in [0.25, 0.3) is 0 Å². The van der Waals surface area contributed by atoms with Gasteiger partial charge in [0.15, 0.2) is 6.29 Å². The zero-order valence-electron chi connectivity index (χ0n) is 6.40. The number of rotatable bonds is 3. The van der Waals surface area contributed by atoms with E-state index in [1.807, 2.05) is 0 Å². The second-order valence-corrected chi connectivity index (χ2v) is 1.95. The van der Waals surface area contributed by atoms with E-state index < -0.39 is 6.29 Å². The van der Waals surface area contributed by atoms with Gasteiger partial charge in [0, 0.05) is 14.2 Å².